The van der Waals surface area contributed by atoms with Gasteiger partial charge in [0.15, 0.2) is 5.78 Å². The number of carbonyl (C=O) groups is 1. The minimum atomic E-state index is -4.87. The van der Waals surface area contributed by atoms with Gasteiger partial charge in [-0.3, -0.25) is 14.6 Å². The summed E-state index contributed by atoms with van der Waals surface area (Å²) in [5.74, 6) is -1.78. The molecular formula is C24H13ClF4N2O3. The first-order valence-corrected chi connectivity index (χ1v) is 10.0. The van der Waals surface area contributed by atoms with Gasteiger partial charge in [0, 0.05) is 27.7 Å². The van der Waals surface area contributed by atoms with E-state index >= 15 is 0 Å². The molecule has 0 unspecified atom stereocenters. The second-order valence-electron chi connectivity index (χ2n) is 7.10. The van der Waals surface area contributed by atoms with E-state index < -0.39 is 29.3 Å². The van der Waals surface area contributed by atoms with Gasteiger partial charge in [0.2, 0.25) is 0 Å². The molecule has 4 rings (SSSR count). The fourth-order valence-electron chi connectivity index (χ4n) is 3.40. The highest BCUT2D eigenvalue weighted by Crippen LogP contribution is 2.33. The molecule has 0 radical (unpaired) electrons. The third-order valence-corrected chi connectivity index (χ3v) is 4.99. The quantitative estimate of drug-likeness (QED) is 0.207. The highest BCUT2D eigenvalue weighted by atomic mass is 35.5. The second kappa shape index (κ2) is 9.11. The van der Waals surface area contributed by atoms with Crippen LogP contribution in [0.5, 0.6) is 5.75 Å². The van der Waals surface area contributed by atoms with E-state index in [1.807, 2.05) is 0 Å². The largest absolute Gasteiger partial charge is 0.573 e. The molecular weight excluding hydrogens is 476 g/mol. The van der Waals surface area contributed by atoms with Crippen molar-refractivity contribution in [3.63, 3.8) is 0 Å². The number of allylic oxidation sites excluding steroid dienone is 1. The molecule has 0 saturated heterocycles. The monoisotopic (exact) mass is 488 g/mol. The molecule has 2 aromatic heterocycles. The topological polar surface area (TPSA) is 72.0 Å². The summed E-state index contributed by atoms with van der Waals surface area (Å²) in [6.45, 7) is 0. The van der Waals surface area contributed by atoms with Crippen molar-refractivity contribution < 1.29 is 27.1 Å². The Kier molecular flexibility index (Phi) is 6.21. The summed E-state index contributed by atoms with van der Waals surface area (Å²) in [6, 6.07) is 10.5. The molecule has 0 fully saturated rings. The molecule has 172 valence electrons. The maximum atomic E-state index is 13.4. The van der Waals surface area contributed by atoms with E-state index in [1.165, 1.54) is 30.5 Å². The Morgan fingerprint density at radius 2 is 1.79 bits per heavy atom. The van der Waals surface area contributed by atoms with E-state index in [-0.39, 0.29) is 16.7 Å². The smallest absolute Gasteiger partial charge is 0.406 e. The van der Waals surface area contributed by atoms with Crippen molar-refractivity contribution >= 4 is 34.4 Å². The van der Waals surface area contributed by atoms with Crippen molar-refractivity contribution in [2.24, 2.45) is 0 Å². The van der Waals surface area contributed by atoms with E-state index in [1.54, 1.807) is 12.1 Å². The van der Waals surface area contributed by atoms with Crippen LogP contribution in [-0.2, 0) is 0 Å². The molecule has 0 aliphatic carbocycles. The first kappa shape index (κ1) is 23.2. The summed E-state index contributed by atoms with van der Waals surface area (Å²) >= 11 is 6.13. The van der Waals surface area contributed by atoms with Crippen LogP contribution in [0, 0.1) is 5.82 Å². The van der Waals surface area contributed by atoms with Crippen LogP contribution in [0.15, 0.2) is 71.8 Å². The number of nitrogens with zero attached hydrogens (tertiary/aromatic N) is 1. The zero-order chi connectivity index (χ0) is 24.5. The zero-order valence-electron chi connectivity index (χ0n) is 17.0. The number of H-pyrrole nitrogens is 1. The maximum absolute atomic E-state index is 13.4. The average Bonchev–Trinajstić information content (AvgIpc) is 2.76. The van der Waals surface area contributed by atoms with Crippen LogP contribution in [0.2, 0.25) is 5.02 Å². The molecule has 0 aliphatic rings. The summed E-state index contributed by atoms with van der Waals surface area (Å²) in [5.41, 5.74) is 0.148. The fourth-order valence-corrected chi connectivity index (χ4v) is 3.57. The van der Waals surface area contributed by atoms with Crippen molar-refractivity contribution in [3.8, 4) is 16.9 Å². The number of alkyl halides is 3. The van der Waals surface area contributed by atoms with Gasteiger partial charge in [-0.25, -0.2) is 4.39 Å². The molecule has 1 N–H and O–H groups in total. The first-order chi connectivity index (χ1) is 16.1. The van der Waals surface area contributed by atoms with Gasteiger partial charge < -0.3 is 9.72 Å². The lowest BCUT2D eigenvalue weighted by molar-refractivity contribution is -0.274. The summed E-state index contributed by atoms with van der Waals surface area (Å²) in [7, 11) is 0. The van der Waals surface area contributed by atoms with E-state index in [0.717, 1.165) is 30.5 Å². The fraction of sp³-hybridized carbons (Fsp3) is 0.0417. The Balaban J connectivity index is 1.87. The molecule has 5 nitrogen and oxygen atoms in total. The van der Waals surface area contributed by atoms with Crippen LogP contribution in [0.25, 0.3) is 28.1 Å². The van der Waals surface area contributed by atoms with Crippen LogP contribution < -0.4 is 10.3 Å². The van der Waals surface area contributed by atoms with Gasteiger partial charge in [0.1, 0.15) is 11.6 Å². The Morgan fingerprint density at radius 3 is 2.47 bits per heavy atom. The van der Waals surface area contributed by atoms with Crippen molar-refractivity contribution in [1.29, 1.82) is 0 Å². The summed E-state index contributed by atoms with van der Waals surface area (Å²) in [4.78, 5) is 32.3. The summed E-state index contributed by atoms with van der Waals surface area (Å²) < 4.78 is 54.9. The summed E-state index contributed by atoms with van der Waals surface area (Å²) in [6.07, 6.45) is -0.159. The number of pyridine rings is 2. The minimum Gasteiger partial charge on any atom is -0.406 e. The molecule has 0 amide bonds. The lowest BCUT2D eigenvalue weighted by Gasteiger charge is -2.13. The van der Waals surface area contributed by atoms with Gasteiger partial charge in [-0.1, -0.05) is 23.7 Å². The molecule has 2 aromatic carbocycles. The number of halogens is 5. The number of aromatic nitrogens is 2. The Hall–Kier alpha value is -3.98. The van der Waals surface area contributed by atoms with Crippen LogP contribution >= 0.6 is 11.6 Å². The number of nitrogens with one attached hydrogen (secondary N) is 1. The van der Waals surface area contributed by atoms with Crippen molar-refractivity contribution in [3.05, 3.63) is 99.3 Å². The van der Waals surface area contributed by atoms with Gasteiger partial charge in [0.05, 0.1) is 11.8 Å². The molecule has 0 bridgehead atoms. The van der Waals surface area contributed by atoms with E-state index in [9.17, 15) is 27.2 Å². The number of benzene rings is 2. The molecule has 2 heterocycles. The number of ether oxygens (including phenoxy) is 1. The third-order valence-electron chi connectivity index (χ3n) is 4.75. The molecule has 10 heteroatoms. The van der Waals surface area contributed by atoms with Crippen LogP contribution in [0.4, 0.5) is 17.6 Å². The minimum absolute atomic E-state index is 0.173. The van der Waals surface area contributed by atoms with Gasteiger partial charge in [0.25, 0.3) is 5.56 Å². The lowest BCUT2D eigenvalue weighted by atomic mass is 9.93. The second-order valence-corrected chi connectivity index (χ2v) is 7.54. The third kappa shape index (κ3) is 5.15. The molecule has 0 atom stereocenters. The van der Waals surface area contributed by atoms with Crippen LogP contribution in [0.3, 0.4) is 0 Å². The highest BCUT2D eigenvalue weighted by molar-refractivity contribution is 6.31. The average molecular weight is 489 g/mol. The Morgan fingerprint density at radius 1 is 1.06 bits per heavy atom. The van der Waals surface area contributed by atoms with Crippen molar-refractivity contribution in [1.82, 2.24) is 9.97 Å². The van der Waals surface area contributed by atoms with Gasteiger partial charge in [-0.15, -0.1) is 13.2 Å². The standard InChI is InChI=1S/C24H13ClF4N2O3/c25-15-4-7-19-18(10-15)21(14-2-5-17(6-3-14)34-24(27,28)29)22(23(33)31-19)20(32)8-1-13-9-16(26)12-30-11-13/h1-12H,(H,31,33)/b8-1+. The molecule has 34 heavy (non-hydrogen) atoms. The number of hydrogen-bond acceptors (Lipinski definition) is 4. The Bertz CT molecular complexity index is 1480. The van der Waals surface area contributed by atoms with Crippen LogP contribution in [-0.4, -0.2) is 22.1 Å². The molecule has 4 aromatic rings. The normalized spacial score (nSPS) is 11.8. The predicted molar refractivity (Wildman–Crippen MR) is 119 cm³/mol. The van der Waals surface area contributed by atoms with E-state index in [0.29, 0.717) is 21.5 Å². The molecule has 0 aliphatic heterocycles. The van der Waals surface area contributed by atoms with Gasteiger partial charge in [-0.2, -0.15) is 0 Å². The molecule has 0 spiro atoms. The number of ketones is 1. The molecule has 0 saturated carbocycles. The van der Waals surface area contributed by atoms with Crippen molar-refractivity contribution in [2.75, 3.05) is 0 Å². The number of hydrogen-bond donors (Lipinski definition) is 1. The first-order valence-electron chi connectivity index (χ1n) is 9.65. The highest BCUT2D eigenvalue weighted by Gasteiger charge is 2.31. The lowest BCUT2D eigenvalue weighted by Crippen LogP contribution is -2.19. The van der Waals surface area contributed by atoms with Gasteiger partial charge >= 0.3 is 6.36 Å². The predicted octanol–water partition coefficient (Wildman–Crippen LogP) is 6.18. The maximum Gasteiger partial charge on any atom is 0.573 e. The van der Waals surface area contributed by atoms with E-state index in [2.05, 4.69) is 14.7 Å². The number of rotatable bonds is 5. The summed E-state index contributed by atoms with van der Waals surface area (Å²) in [5, 5.41) is 0.721. The SMILES string of the molecule is O=C(/C=C/c1cncc(F)c1)c1c(-c2ccc(OC(F)(F)F)cc2)c2cc(Cl)ccc2[nH]c1=O. The Labute approximate surface area is 194 Å². The zero-order valence-corrected chi connectivity index (χ0v) is 17.7. The van der Waals surface area contributed by atoms with E-state index in [4.69, 9.17) is 11.6 Å². The van der Waals surface area contributed by atoms with Gasteiger partial charge in [-0.05, 0) is 59.7 Å². The number of aromatic amines is 1. The number of carbonyl (C=O) groups excluding carboxylic acids is 1. The van der Waals surface area contributed by atoms with Crippen molar-refractivity contribution in [2.45, 2.75) is 6.36 Å². The van der Waals surface area contributed by atoms with Crippen LogP contribution in [0.1, 0.15) is 15.9 Å². The number of fused-ring (bicyclic) bond motifs is 1.